The molecule has 0 saturated carbocycles. The number of carbonyl (C=O) groups is 1. The van der Waals surface area contributed by atoms with Gasteiger partial charge in [-0.1, -0.05) is 18.2 Å². The minimum Gasteiger partial charge on any atom is -0.497 e. The average molecular weight is 567 g/mol. The van der Waals surface area contributed by atoms with Gasteiger partial charge in [0.2, 0.25) is 5.91 Å². The zero-order valence-corrected chi connectivity index (χ0v) is 23.3. The maximum atomic E-state index is 13.4. The summed E-state index contributed by atoms with van der Waals surface area (Å²) in [6.07, 6.45) is 3.18. The number of hydrogen-bond acceptors (Lipinski definition) is 9. The van der Waals surface area contributed by atoms with Crippen molar-refractivity contribution in [1.29, 1.82) is 0 Å². The number of methoxy groups -OCH3 is 2. The fourth-order valence-corrected chi connectivity index (χ4v) is 5.46. The van der Waals surface area contributed by atoms with Gasteiger partial charge in [-0.15, -0.1) is 11.8 Å². The third-order valence-electron chi connectivity index (χ3n) is 5.47. The summed E-state index contributed by atoms with van der Waals surface area (Å²) in [6, 6.07) is 19.4. The SMILES string of the molecule is COc1cc(Nc2nccccccnc2NS(=O)c2cccc(NC(=O)CN3CCSC3)c2)cc(OC)c1. The van der Waals surface area contributed by atoms with Gasteiger partial charge >= 0.3 is 0 Å². The summed E-state index contributed by atoms with van der Waals surface area (Å²) in [5.41, 5.74) is 1.20. The Morgan fingerprint density at radius 3 is 2.33 bits per heavy atom. The minimum atomic E-state index is -1.72. The van der Waals surface area contributed by atoms with Crippen molar-refractivity contribution in [3.8, 4) is 11.5 Å². The molecule has 4 rings (SSSR count). The number of amides is 1. The van der Waals surface area contributed by atoms with E-state index < -0.39 is 11.0 Å². The molecule has 12 heteroatoms. The zero-order valence-electron chi connectivity index (χ0n) is 21.6. The summed E-state index contributed by atoms with van der Waals surface area (Å²) in [6.45, 7) is 1.22. The van der Waals surface area contributed by atoms with Crippen LogP contribution in [0.25, 0.3) is 0 Å². The van der Waals surface area contributed by atoms with E-state index in [0.717, 1.165) is 18.2 Å². The van der Waals surface area contributed by atoms with E-state index in [1.54, 1.807) is 81.2 Å². The van der Waals surface area contributed by atoms with Crippen LogP contribution in [-0.4, -0.2) is 63.9 Å². The number of rotatable bonds is 10. The minimum absolute atomic E-state index is 0.109. The van der Waals surface area contributed by atoms with Crippen molar-refractivity contribution in [1.82, 2.24) is 14.9 Å². The molecule has 3 N–H and O–H groups in total. The summed E-state index contributed by atoms with van der Waals surface area (Å²) >= 11 is 1.81. The monoisotopic (exact) mass is 566 g/mol. The quantitative estimate of drug-likeness (QED) is 0.327. The Morgan fingerprint density at radius 2 is 1.67 bits per heavy atom. The van der Waals surface area contributed by atoms with Crippen molar-refractivity contribution in [3.63, 3.8) is 0 Å². The van der Waals surface area contributed by atoms with Crippen LogP contribution in [0.4, 0.5) is 23.0 Å². The van der Waals surface area contributed by atoms with Crippen LogP contribution < -0.4 is 24.8 Å². The second-order valence-corrected chi connectivity index (χ2v) is 10.6. The number of benzene rings is 2. The van der Waals surface area contributed by atoms with Crippen molar-refractivity contribution < 1.29 is 18.5 Å². The van der Waals surface area contributed by atoms with E-state index >= 15 is 0 Å². The first kappa shape index (κ1) is 28.1. The molecule has 1 aliphatic heterocycles. The van der Waals surface area contributed by atoms with Crippen LogP contribution in [0.2, 0.25) is 0 Å². The van der Waals surface area contributed by atoms with Crippen molar-refractivity contribution >= 4 is 51.7 Å². The average Bonchev–Trinajstić information content (AvgIpc) is 3.45. The number of nitrogens with zero attached hydrogens (tertiary/aromatic N) is 3. The fraction of sp³-hybridized carbons (Fsp3) is 0.222. The lowest BCUT2D eigenvalue weighted by molar-refractivity contribution is -0.117. The maximum absolute atomic E-state index is 13.4. The van der Waals surface area contributed by atoms with Gasteiger partial charge in [-0.2, -0.15) is 0 Å². The van der Waals surface area contributed by atoms with Gasteiger partial charge in [0, 0.05) is 60.1 Å². The lowest BCUT2D eigenvalue weighted by Crippen LogP contribution is -2.31. The molecule has 2 aromatic carbocycles. The summed E-state index contributed by atoms with van der Waals surface area (Å²) < 4.78 is 27.1. The van der Waals surface area contributed by atoms with Crippen molar-refractivity contribution in [2.24, 2.45) is 0 Å². The van der Waals surface area contributed by atoms with E-state index in [0.29, 0.717) is 40.1 Å². The third-order valence-corrected chi connectivity index (χ3v) is 7.55. The van der Waals surface area contributed by atoms with Gasteiger partial charge in [0.1, 0.15) is 11.5 Å². The van der Waals surface area contributed by atoms with Crippen LogP contribution in [0, 0.1) is 0 Å². The predicted molar refractivity (Wildman–Crippen MR) is 156 cm³/mol. The Kier molecular flexibility index (Phi) is 10.3. The largest absolute Gasteiger partial charge is 0.497 e. The molecule has 1 unspecified atom stereocenters. The first-order chi connectivity index (χ1) is 19.0. The highest BCUT2D eigenvalue weighted by Gasteiger charge is 2.16. The number of nitrogens with one attached hydrogen (secondary N) is 3. The lowest BCUT2D eigenvalue weighted by atomic mass is 10.2. The molecule has 1 saturated heterocycles. The smallest absolute Gasteiger partial charge is 0.238 e. The molecule has 10 nitrogen and oxygen atoms in total. The van der Waals surface area contributed by atoms with Crippen molar-refractivity contribution in [2.45, 2.75) is 4.90 Å². The molecule has 3 aromatic rings. The van der Waals surface area contributed by atoms with Gasteiger partial charge < -0.3 is 20.1 Å². The number of thioether (sulfide) groups is 1. The Labute approximate surface area is 234 Å². The van der Waals surface area contributed by atoms with E-state index in [9.17, 15) is 9.00 Å². The lowest BCUT2D eigenvalue weighted by Gasteiger charge is -2.14. The second-order valence-electron chi connectivity index (χ2n) is 8.29. The Balaban J connectivity index is 1.58. The molecule has 0 bridgehead atoms. The number of hydrogen-bond donors (Lipinski definition) is 3. The van der Waals surface area contributed by atoms with Gasteiger partial charge in [0.05, 0.1) is 25.7 Å². The Bertz CT molecular complexity index is 1350. The van der Waals surface area contributed by atoms with Crippen LogP contribution in [0.3, 0.4) is 0 Å². The third kappa shape index (κ3) is 8.57. The zero-order chi connectivity index (χ0) is 27.5. The normalized spacial score (nSPS) is 13.6. The summed E-state index contributed by atoms with van der Waals surface area (Å²) in [5.74, 6) is 3.52. The molecule has 2 heterocycles. The molecule has 0 spiro atoms. The topological polar surface area (TPSA) is 118 Å². The molecular weight excluding hydrogens is 536 g/mol. The molecule has 1 atom stereocenters. The molecule has 1 fully saturated rings. The van der Waals surface area contributed by atoms with Crippen LogP contribution in [0.1, 0.15) is 0 Å². The van der Waals surface area contributed by atoms with Gasteiger partial charge in [-0.05, 0) is 30.3 Å². The highest BCUT2D eigenvalue weighted by molar-refractivity contribution is 7.99. The molecule has 204 valence electrons. The van der Waals surface area contributed by atoms with Crippen LogP contribution >= 0.6 is 11.8 Å². The fourth-order valence-electron chi connectivity index (χ4n) is 3.58. The first-order valence-electron chi connectivity index (χ1n) is 12.1. The van der Waals surface area contributed by atoms with Gasteiger partial charge in [-0.3, -0.25) is 14.4 Å². The molecular formula is C27H30N6O4S2. The number of anilines is 4. The Morgan fingerprint density at radius 1 is 0.949 bits per heavy atom. The van der Waals surface area contributed by atoms with Crippen LogP contribution in [0.5, 0.6) is 11.5 Å². The maximum Gasteiger partial charge on any atom is 0.238 e. The van der Waals surface area contributed by atoms with E-state index in [2.05, 4.69) is 30.2 Å². The van der Waals surface area contributed by atoms with Crippen LogP contribution in [-0.2, 0) is 15.8 Å². The highest BCUT2D eigenvalue weighted by Crippen LogP contribution is 2.29. The second kappa shape index (κ2) is 14.3. The van der Waals surface area contributed by atoms with Gasteiger partial charge in [0.25, 0.3) is 0 Å². The van der Waals surface area contributed by atoms with Gasteiger partial charge in [0.15, 0.2) is 22.6 Å². The standard InChI is InChI=1S/C27H30N6O4S2/c1-36-22-14-21(15-23(17-22)37-2)31-26-27(29-11-6-4-3-5-10-28-26)32-39(35)24-9-7-8-20(16-24)30-25(34)18-33-12-13-38-19-33/h3-11,14-17H,12-13,18-19H2,1-2H3,(H,28,31)(H,29,32)(H,30,34). The molecule has 1 aliphatic rings. The first-order valence-corrected chi connectivity index (χ1v) is 14.4. The van der Waals surface area contributed by atoms with E-state index in [-0.39, 0.29) is 11.7 Å². The van der Waals surface area contributed by atoms with Crippen LogP contribution in [0.15, 0.2) is 84.0 Å². The summed E-state index contributed by atoms with van der Waals surface area (Å²) in [4.78, 5) is 24.0. The summed E-state index contributed by atoms with van der Waals surface area (Å²) in [5, 5.41) is 6.11. The van der Waals surface area contributed by atoms with Crippen molar-refractivity contribution in [3.05, 3.63) is 79.1 Å². The Hall–Kier alpha value is -3.87. The van der Waals surface area contributed by atoms with E-state index in [1.807, 2.05) is 23.9 Å². The predicted octanol–water partition coefficient (Wildman–Crippen LogP) is 4.44. The van der Waals surface area contributed by atoms with Crippen molar-refractivity contribution in [2.75, 3.05) is 54.3 Å². The van der Waals surface area contributed by atoms with E-state index in [4.69, 9.17) is 9.47 Å². The molecule has 39 heavy (non-hydrogen) atoms. The summed E-state index contributed by atoms with van der Waals surface area (Å²) in [7, 11) is 1.42. The molecule has 1 amide bonds. The molecule has 1 aromatic heterocycles. The van der Waals surface area contributed by atoms with E-state index in [1.165, 1.54) is 0 Å². The molecule has 0 radical (unpaired) electrons. The molecule has 0 aliphatic carbocycles. The number of carbonyl (C=O) groups excluding carboxylic acids is 1. The number of ether oxygens (including phenoxy) is 2. The highest BCUT2D eigenvalue weighted by atomic mass is 32.2. The van der Waals surface area contributed by atoms with Gasteiger partial charge in [-0.25, -0.2) is 14.2 Å². The number of aromatic nitrogens is 2.